The van der Waals surface area contributed by atoms with Gasteiger partial charge in [-0.1, -0.05) is 0 Å². The van der Waals surface area contributed by atoms with Crippen molar-refractivity contribution in [3.63, 3.8) is 0 Å². The molecule has 164 valence electrons. The SMILES string of the molecule is O=C(c1ccc(OC2CCCC2)nc1)N1CCN(c2ccnc(C(F)(F)F)c2)C(=O)C1. The van der Waals surface area contributed by atoms with Crippen LogP contribution in [0.15, 0.2) is 36.7 Å². The summed E-state index contributed by atoms with van der Waals surface area (Å²) in [5, 5.41) is 0. The van der Waals surface area contributed by atoms with Crippen LogP contribution >= 0.6 is 0 Å². The highest BCUT2D eigenvalue weighted by atomic mass is 19.4. The van der Waals surface area contributed by atoms with E-state index in [1.165, 1.54) is 22.1 Å². The molecule has 0 unspecified atom stereocenters. The molecule has 3 heterocycles. The smallest absolute Gasteiger partial charge is 0.433 e. The Bertz CT molecular complexity index is 959. The van der Waals surface area contributed by atoms with Crippen LogP contribution in [0.3, 0.4) is 0 Å². The number of amides is 2. The Labute approximate surface area is 176 Å². The van der Waals surface area contributed by atoms with Gasteiger partial charge in [-0.3, -0.25) is 14.6 Å². The summed E-state index contributed by atoms with van der Waals surface area (Å²) in [7, 11) is 0. The Morgan fingerprint density at radius 3 is 2.52 bits per heavy atom. The lowest BCUT2D eigenvalue weighted by Crippen LogP contribution is -2.52. The van der Waals surface area contributed by atoms with Gasteiger partial charge >= 0.3 is 6.18 Å². The summed E-state index contributed by atoms with van der Waals surface area (Å²) in [6.07, 6.45) is 2.26. The van der Waals surface area contributed by atoms with Gasteiger partial charge in [0.15, 0.2) is 0 Å². The van der Waals surface area contributed by atoms with Gasteiger partial charge in [0.1, 0.15) is 18.3 Å². The Hall–Kier alpha value is -3.17. The van der Waals surface area contributed by atoms with Crippen molar-refractivity contribution in [2.24, 2.45) is 0 Å². The maximum atomic E-state index is 12.9. The summed E-state index contributed by atoms with van der Waals surface area (Å²) < 4.78 is 44.5. The van der Waals surface area contributed by atoms with E-state index < -0.39 is 17.8 Å². The van der Waals surface area contributed by atoms with E-state index in [1.54, 1.807) is 12.1 Å². The van der Waals surface area contributed by atoms with Crippen LogP contribution in [0.25, 0.3) is 0 Å². The number of carbonyl (C=O) groups excluding carboxylic acids is 2. The summed E-state index contributed by atoms with van der Waals surface area (Å²) in [6, 6.07) is 5.42. The van der Waals surface area contributed by atoms with Crippen LogP contribution in [0, 0.1) is 0 Å². The van der Waals surface area contributed by atoms with E-state index in [0.29, 0.717) is 11.4 Å². The van der Waals surface area contributed by atoms with Crippen molar-refractivity contribution in [3.05, 3.63) is 47.9 Å². The molecular formula is C21H21F3N4O3. The molecule has 0 atom stereocenters. The van der Waals surface area contributed by atoms with Crippen molar-refractivity contribution in [2.75, 3.05) is 24.5 Å². The zero-order valence-electron chi connectivity index (χ0n) is 16.6. The molecule has 1 saturated carbocycles. The van der Waals surface area contributed by atoms with Gasteiger partial charge in [-0.05, 0) is 43.9 Å². The summed E-state index contributed by atoms with van der Waals surface area (Å²) in [5.41, 5.74) is -0.639. The van der Waals surface area contributed by atoms with Crippen LogP contribution in [0.4, 0.5) is 18.9 Å². The fraction of sp³-hybridized carbons (Fsp3) is 0.429. The molecule has 0 spiro atoms. The van der Waals surface area contributed by atoms with Crippen LogP contribution < -0.4 is 9.64 Å². The molecule has 7 nitrogen and oxygen atoms in total. The largest absolute Gasteiger partial charge is 0.474 e. The molecule has 1 aliphatic heterocycles. The lowest BCUT2D eigenvalue weighted by atomic mass is 10.2. The van der Waals surface area contributed by atoms with Gasteiger partial charge in [0, 0.05) is 37.2 Å². The van der Waals surface area contributed by atoms with Gasteiger partial charge in [0.05, 0.1) is 5.56 Å². The van der Waals surface area contributed by atoms with Crippen molar-refractivity contribution < 1.29 is 27.5 Å². The molecule has 10 heteroatoms. The number of halogens is 3. The molecule has 2 fully saturated rings. The number of aromatic nitrogens is 2. The molecule has 2 aromatic heterocycles. The summed E-state index contributed by atoms with van der Waals surface area (Å²) in [6.45, 7) is 0.0413. The molecule has 0 N–H and O–H groups in total. The Morgan fingerprint density at radius 2 is 1.87 bits per heavy atom. The molecule has 1 saturated heterocycles. The van der Waals surface area contributed by atoms with Crippen LogP contribution in [0.5, 0.6) is 5.88 Å². The highest BCUT2D eigenvalue weighted by Crippen LogP contribution is 2.30. The van der Waals surface area contributed by atoms with E-state index in [1.807, 2.05) is 0 Å². The second-order valence-corrected chi connectivity index (χ2v) is 7.58. The van der Waals surface area contributed by atoms with Crippen molar-refractivity contribution in [1.29, 1.82) is 0 Å². The molecule has 2 aliphatic rings. The lowest BCUT2D eigenvalue weighted by molar-refractivity contribution is -0.141. The number of anilines is 1. The van der Waals surface area contributed by atoms with Gasteiger partial charge in [-0.15, -0.1) is 0 Å². The van der Waals surface area contributed by atoms with E-state index in [2.05, 4.69) is 9.97 Å². The first-order chi connectivity index (χ1) is 14.8. The van der Waals surface area contributed by atoms with Crippen LogP contribution in [0.2, 0.25) is 0 Å². The van der Waals surface area contributed by atoms with E-state index in [4.69, 9.17) is 4.74 Å². The average molecular weight is 434 g/mol. The van der Waals surface area contributed by atoms with E-state index in [9.17, 15) is 22.8 Å². The topological polar surface area (TPSA) is 75.6 Å². The van der Waals surface area contributed by atoms with E-state index >= 15 is 0 Å². The second kappa shape index (κ2) is 8.52. The predicted molar refractivity (Wildman–Crippen MR) is 105 cm³/mol. The quantitative estimate of drug-likeness (QED) is 0.738. The molecule has 0 bridgehead atoms. The predicted octanol–water partition coefficient (Wildman–Crippen LogP) is 3.31. The average Bonchev–Trinajstić information content (AvgIpc) is 3.26. The third kappa shape index (κ3) is 4.78. The van der Waals surface area contributed by atoms with Crippen LogP contribution in [-0.4, -0.2) is 52.4 Å². The number of ether oxygens (including phenoxy) is 1. The zero-order chi connectivity index (χ0) is 22.0. The number of pyridine rings is 2. The summed E-state index contributed by atoms with van der Waals surface area (Å²) in [5.74, 6) is -0.366. The normalized spacial score (nSPS) is 17.8. The van der Waals surface area contributed by atoms with Gasteiger partial charge in [0.2, 0.25) is 11.8 Å². The van der Waals surface area contributed by atoms with Crippen molar-refractivity contribution >= 4 is 17.5 Å². The summed E-state index contributed by atoms with van der Waals surface area (Å²) >= 11 is 0. The zero-order valence-corrected chi connectivity index (χ0v) is 16.6. The fourth-order valence-electron chi connectivity index (χ4n) is 3.80. The number of carbonyl (C=O) groups is 2. The molecule has 31 heavy (non-hydrogen) atoms. The first-order valence-corrected chi connectivity index (χ1v) is 10.1. The number of piperazine rings is 1. The highest BCUT2D eigenvalue weighted by molar-refractivity contribution is 6.01. The Balaban J connectivity index is 1.39. The summed E-state index contributed by atoms with van der Waals surface area (Å²) in [4.78, 5) is 35.4. The van der Waals surface area contributed by atoms with Gasteiger partial charge in [-0.2, -0.15) is 13.2 Å². The fourth-order valence-corrected chi connectivity index (χ4v) is 3.80. The highest BCUT2D eigenvalue weighted by Gasteiger charge is 2.34. The van der Waals surface area contributed by atoms with E-state index in [0.717, 1.165) is 37.9 Å². The van der Waals surface area contributed by atoms with E-state index in [-0.39, 0.29) is 37.3 Å². The van der Waals surface area contributed by atoms with Crippen molar-refractivity contribution in [1.82, 2.24) is 14.9 Å². The second-order valence-electron chi connectivity index (χ2n) is 7.58. The molecule has 0 radical (unpaired) electrons. The van der Waals surface area contributed by atoms with Gasteiger partial charge in [-0.25, -0.2) is 4.98 Å². The molecular weight excluding hydrogens is 413 g/mol. The molecule has 2 amide bonds. The first kappa shape index (κ1) is 21.1. The maximum absolute atomic E-state index is 12.9. The van der Waals surface area contributed by atoms with Crippen LogP contribution in [-0.2, 0) is 11.0 Å². The van der Waals surface area contributed by atoms with Crippen molar-refractivity contribution in [3.8, 4) is 5.88 Å². The maximum Gasteiger partial charge on any atom is 0.433 e. The Morgan fingerprint density at radius 1 is 1.10 bits per heavy atom. The number of alkyl halides is 3. The molecule has 4 rings (SSSR count). The first-order valence-electron chi connectivity index (χ1n) is 10.1. The van der Waals surface area contributed by atoms with Gasteiger partial charge in [0.25, 0.3) is 5.91 Å². The number of rotatable bonds is 4. The standard InChI is InChI=1S/C21H21F3N4O3/c22-21(23,24)17-11-15(7-8-25-17)28-10-9-27(13-19(28)29)20(30)14-5-6-18(26-12-14)31-16-3-1-2-4-16/h5-8,11-12,16H,1-4,9-10,13H2. The number of nitrogens with zero attached hydrogens (tertiary/aromatic N) is 4. The number of hydrogen-bond acceptors (Lipinski definition) is 5. The monoisotopic (exact) mass is 434 g/mol. The molecule has 0 aromatic carbocycles. The van der Waals surface area contributed by atoms with Gasteiger partial charge < -0.3 is 14.5 Å². The van der Waals surface area contributed by atoms with Crippen LogP contribution in [0.1, 0.15) is 41.7 Å². The molecule has 2 aromatic rings. The lowest BCUT2D eigenvalue weighted by Gasteiger charge is -2.34. The third-order valence-electron chi connectivity index (χ3n) is 5.43. The Kier molecular flexibility index (Phi) is 5.79. The number of hydrogen-bond donors (Lipinski definition) is 0. The minimum Gasteiger partial charge on any atom is -0.474 e. The minimum atomic E-state index is -4.60. The minimum absolute atomic E-state index is 0.0855. The third-order valence-corrected chi connectivity index (χ3v) is 5.43. The molecule has 1 aliphatic carbocycles. The van der Waals surface area contributed by atoms with Crippen molar-refractivity contribution in [2.45, 2.75) is 38.0 Å².